The number of hydrogen-bond acceptors (Lipinski definition) is 5. The second-order valence-electron chi connectivity index (χ2n) is 10.9. The lowest BCUT2D eigenvalue weighted by molar-refractivity contribution is 0.0663. The maximum Gasteiger partial charge on any atom is 0.254 e. The number of benzene rings is 3. The third kappa shape index (κ3) is 6.03. The fourth-order valence-corrected chi connectivity index (χ4v) is 6.02. The molecule has 0 radical (unpaired) electrons. The van der Waals surface area contributed by atoms with Crippen molar-refractivity contribution in [3.8, 4) is 5.75 Å². The molecule has 0 unspecified atom stereocenters. The summed E-state index contributed by atoms with van der Waals surface area (Å²) in [5.41, 5.74) is 5.36. The van der Waals surface area contributed by atoms with Crippen molar-refractivity contribution in [1.29, 1.82) is 0 Å². The Morgan fingerprint density at radius 1 is 0.974 bits per heavy atom. The molecule has 6 nitrogen and oxygen atoms in total. The second kappa shape index (κ2) is 12.0. The molecule has 2 bridgehead atoms. The highest BCUT2D eigenvalue weighted by atomic mass is 16.5. The number of ether oxygens (including phenoxy) is 1. The highest BCUT2D eigenvalue weighted by Gasteiger charge is 2.35. The van der Waals surface area contributed by atoms with Gasteiger partial charge in [-0.25, -0.2) is 0 Å². The Morgan fingerprint density at radius 2 is 1.74 bits per heavy atom. The Bertz CT molecular complexity index is 1230. The molecule has 3 aromatic rings. The van der Waals surface area contributed by atoms with Gasteiger partial charge in [0.1, 0.15) is 5.75 Å². The summed E-state index contributed by atoms with van der Waals surface area (Å²) in [5, 5.41) is 3.69. The van der Waals surface area contributed by atoms with E-state index in [9.17, 15) is 4.79 Å². The number of para-hydroxylation sites is 1. The van der Waals surface area contributed by atoms with Crippen molar-refractivity contribution in [2.75, 3.05) is 39.6 Å². The summed E-state index contributed by atoms with van der Waals surface area (Å²) in [4.78, 5) is 21.0. The topological polar surface area (TPSA) is 48.1 Å². The van der Waals surface area contributed by atoms with E-state index in [4.69, 9.17) is 4.74 Å². The minimum Gasteiger partial charge on any atom is -0.496 e. The van der Waals surface area contributed by atoms with E-state index in [0.717, 1.165) is 48.5 Å². The van der Waals surface area contributed by atoms with Crippen LogP contribution in [0, 0.1) is 0 Å². The van der Waals surface area contributed by atoms with Crippen LogP contribution in [0.4, 0.5) is 5.69 Å². The highest BCUT2D eigenvalue weighted by Crippen LogP contribution is 2.32. The van der Waals surface area contributed by atoms with Crippen LogP contribution in [0.5, 0.6) is 5.75 Å². The van der Waals surface area contributed by atoms with E-state index in [0.29, 0.717) is 37.3 Å². The van der Waals surface area contributed by atoms with Gasteiger partial charge in [0.15, 0.2) is 0 Å². The minimum atomic E-state index is 0.0739. The van der Waals surface area contributed by atoms with Gasteiger partial charge in [-0.15, -0.1) is 0 Å². The smallest absolute Gasteiger partial charge is 0.254 e. The zero-order valence-corrected chi connectivity index (χ0v) is 22.9. The molecule has 38 heavy (non-hydrogen) atoms. The summed E-state index contributed by atoms with van der Waals surface area (Å²) in [7, 11) is 5.75. The van der Waals surface area contributed by atoms with Crippen molar-refractivity contribution in [3.05, 3.63) is 95.1 Å². The summed E-state index contributed by atoms with van der Waals surface area (Å²) >= 11 is 0. The predicted octanol–water partition coefficient (Wildman–Crippen LogP) is 5.25. The molecule has 0 saturated carbocycles. The van der Waals surface area contributed by atoms with Crippen molar-refractivity contribution in [2.24, 2.45) is 0 Å². The average Bonchev–Trinajstić information content (AvgIpc) is 3.28. The van der Waals surface area contributed by atoms with Crippen LogP contribution < -0.4 is 10.1 Å². The number of fused-ring (bicyclic) bond motifs is 3. The van der Waals surface area contributed by atoms with Gasteiger partial charge in [-0.2, -0.15) is 0 Å². The summed E-state index contributed by atoms with van der Waals surface area (Å²) in [6, 6.07) is 25.8. The monoisotopic (exact) mass is 512 g/mol. The molecule has 0 aromatic heterocycles. The van der Waals surface area contributed by atoms with E-state index in [2.05, 4.69) is 74.6 Å². The van der Waals surface area contributed by atoms with E-state index in [1.54, 1.807) is 7.11 Å². The molecular weight excluding hydrogens is 472 g/mol. The van der Waals surface area contributed by atoms with Crippen LogP contribution >= 0.6 is 0 Å². The van der Waals surface area contributed by atoms with Crippen LogP contribution in [0.3, 0.4) is 0 Å². The fraction of sp³-hybridized carbons (Fsp3) is 0.406. The van der Waals surface area contributed by atoms with Crippen molar-refractivity contribution >= 4 is 11.6 Å². The number of carbonyl (C=O) groups excluding carboxylic acids is 1. The van der Waals surface area contributed by atoms with Crippen LogP contribution in [0.15, 0.2) is 72.8 Å². The number of methoxy groups -OCH3 is 1. The van der Waals surface area contributed by atoms with E-state index < -0.39 is 0 Å². The lowest BCUT2D eigenvalue weighted by Crippen LogP contribution is -2.44. The number of nitrogens with zero attached hydrogens (tertiary/aromatic N) is 3. The maximum absolute atomic E-state index is 14.2. The van der Waals surface area contributed by atoms with Crippen molar-refractivity contribution < 1.29 is 9.53 Å². The Kier molecular flexibility index (Phi) is 8.30. The Hall–Kier alpha value is -3.35. The van der Waals surface area contributed by atoms with Gasteiger partial charge in [-0.1, -0.05) is 48.5 Å². The van der Waals surface area contributed by atoms with E-state index in [1.807, 2.05) is 32.3 Å². The number of rotatable bonds is 6. The van der Waals surface area contributed by atoms with Crippen LogP contribution in [0.25, 0.3) is 0 Å². The molecule has 1 amide bonds. The van der Waals surface area contributed by atoms with Crippen LogP contribution in [-0.4, -0.2) is 67.0 Å². The number of anilines is 1. The summed E-state index contributed by atoms with van der Waals surface area (Å²) in [6.45, 7) is 3.86. The van der Waals surface area contributed by atoms with Gasteiger partial charge in [0.2, 0.25) is 0 Å². The molecule has 2 aliphatic rings. The quantitative estimate of drug-likeness (QED) is 0.489. The van der Waals surface area contributed by atoms with Crippen LogP contribution in [0.2, 0.25) is 0 Å². The Balaban J connectivity index is 1.48. The predicted molar refractivity (Wildman–Crippen MR) is 153 cm³/mol. The van der Waals surface area contributed by atoms with Gasteiger partial charge >= 0.3 is 0 Å². The lowest BCUT2D eigenvalue weighted by Gasteiger charge is -2.34. The van der Waals surface area contributed by atoms with Crippen LogP contribution in [-0.2, 0) is 19.6 Å². The molecular formula is C32H40N4O2. The molecule has 5 rings (SSSR count). The fourth-order valence-electron chi connectivity index (χ4n) is 6.02. The second-order valence-corrected chi connectivity index (χ2v) is 10.9. The van der Waals surface area contributed by atoms with Gasteiger partial charge in [0.05, 0.1) is 7.11 Å². The third-order valence-electron chi connectivity index (χ3n) is 7.88. The van der Waals surface area contributed by atoms with Crippen molar-refractivity contribution in [2.45, 2.75) is 51.0 Å². The summed E-state index contributed by atoms with van der Waals surface area (Å²) in [5.74, 6) is 0.889. The number of carbonyl (C=O) groups is 1. The maximum atomic E-state index is 14.2. The molecule has 6 heteroatoms. The SMILES string of the molecule is COc1ccc(C(=O)N2Cc3ccccc3NCC[C@@H]3CC[C@H](C2)N3Cc2ccccc2)cc1CN(C)C. The molecule has 2 heterocycles. The Labute approximate surface area is 227 Å². The van der Waals surface area contributed by atoms with E-state index >= 15 is 0 Å². The summed E-state index contributed by atoms with van der Waals surface area (Å²) < 4.78 is 5.60. The minimum absolute atomic E-state index is 0.0739. The molecule has 0 aliphatic carbocycles. The lowest BCUT2D eigenvalue weighted by atomic mass is 10.1. The van der Waals surface area contributed by atoms with Crippen LogP contribution in [0.1, 0.15) is 46.3 Å². The first-order valence-electron chi connectivity index (χ1n) is 13.7. The first-order chi connectivity index (χ1) is 18.5. The summed E-state index contributed by atoms with van der Waals surface area (Å²) in [6.07, 6.45) is 3.37. The molecule has 2 atom stereocenters. The molecule has 0 spiro atoms. The van der Waals surface area contributed by atoms with E-state index in [-0.39, 0.29) is 5.91 Å². The number of amides is 1. The van der Waals surface area contributed by atoms with Gasteiger partial charge in [0, 0.05) is 61.6 Å². The highest BCUT2D eigenvalue weighted by molar-refractivity contribution is 5.94. The molecule has 1 fully saturated rings. The zero-order valence-electron chi connectivity index (χ0n) is 22.9. The first kappa shape index (κ1) is 26.3. The third-order valence-corrected chi connectivity index (χ3v) is 7.88. The van der Waals surface area contributed by atoms with Gasteiger partial charge < -0.3 is 19.9 Å². The largest absolute Gasteiger partial charge is 0.496 e. The standard InChI is InChI=1S/C32H40N4O2/c1-34(2)21-27-19-25(13-16-31(27)38-3)32(37)35-22-26-11-7-8-12-30(26)33-18-17-28-14-15-29(23-35)36(28)20-24-9-5-4-6-10-24/h4-13,16,19,28-29,33H,14-15,17-18,20-23H2,1-3H3/t28-,29+/m0/s1. The van der Waals surface area contributed by atoms with E-state index in [1.165, 1.54) is 12.0 Å². The molecule has 3 aromatic carbocycles. The molecule has 200 valence electrons. The number of nitrogens with one attached hydrogen (secondary N) is 1. The normalized spacial score (nSPS) is 19.9. The Morgan fingerprint density at radius 3 is 2.53 bits per heavy atom. The number of hydrogen-bond donors (Lipinski definition) is 1. The van der Waals surface area contributed by atoms with Gasteiger partial charge in [0.25, 0.3) is 5.91 Å². The first-order valence-corrected chi connectivity index (χ1v) is 13.7. The van der Waals surface area contributed by atoms with Crippen molar-refractivity contribution in [1.82, 2.24) is 14.7 Å². The molecule has 1 N–H and O–H groups in total. The molecule has 1 saturated heterocycles. The zero-order chi connectivity index (χ0) is 26.5. The van der Waals surface area contributed by atoms with Gasteiger partial charge in [-0.05, 0) is 68.8 Å². The van der Waals surface area contributed by atoms with Gasteiger partial charge in [-0.3, -0.25) is 9.69 Å². The average molecular weight is 513 g/mol. The van der Waals surface area contributed by atoms with Crippen molar-refractivity contribution in [3.63, 3.8) is 0 Å². The molecule has 2 aliphatic heterocycles.